The van der Waals surface area contributed by atoms with Gasteiger partial charge in [0, 0.05) is 29.4 Å². The van der Waals surface area contributed by atoms with Gasteiger partial charge in [-0.3, -0.25) is 4.90 Å². The van der Waals surface area contributed by atoms with Crippen molar-refractivity contribution in [3.63, 3.8) is 0 Å². The summed E-state index contributed by atoms with van der Waals surface area (Å²) in [6, 6.07) is 4.34. The standard InChI is InChI=1S/C17H20N4S2/c1-11(16-12(2)23-13(3)20-16)21(4)10-14-8-18-17(19-9-14)15-6-5-7-22-15/h5-9,11H,10H2,1-4H3. The Bertz CT molecular complexity index is 763. The Morgan fingerprint density at radius 1 is 1.22 bits per heavy atom. The smallest absolute Gasteiger partial charge is 0.169 e. The van der Waals surface area contributed by atoms with Crippen LogP contribution in [0.4, 0.5) is 0 Å². The minimum absolute atomic E-state index is 0.275. The Balaban J connectivity index is 1.70. The Hall–Kier alpha value is -1.63. The van der Waals surface area contributed by atoms with Crippen LogP contribution in [0.5, 0.6) is 0 Å². The fourth-order valence-electron chi connectivity index (χ4n) is 2.54. The molecular formula is C17H20N4S2. The molecule has 3 rings (SSSR count). The molecule has 0 bridgehead atoms. The van der Waals surface area contributed by atoms with Crippen molar-refractivity contribution in [2.45, 2.75) is 33.4 Å². The third-order valence-electron chi connectivity index (χ3n) is 3.88. The van der Waals surface area contributed by atoms with E-state index in [1.807, 2.05) is 29.9 Å². The first-order valence-electron chi connectivity index (χ1n) is 7.53. The van der Waals surface area contributed by atoms with Gasteiger partial charge in [0.15, 0.2) is 5.82 Å². The molecule has 0 saturated carbocycles. The maximum absolute atomic E-state index is 4.67. The van der Waals surface area contributed by atoms with Gasteiger partial charge in [0.25, 0.3) is 0 Å². The van der Waals surface area contributed by atoms with E-state index in [-0.39, 0.29) is 6.04 Å². The second kappa shape index (κ2) is 6.86. The average molecular weight is 345 g/mol. The summed E-state index contributed by atoms with van der Waals surface area (Å²) in [5.74, 6) is 0.797. The molecule has 6 heteroatoms. The zero-order valence-electron chi connectivity index (χ0n) is 13.8. The summed E-state index contributed by atoms with van der Waals surface area (Å²) in [4.78, 5) is 18.3. The van der Waals surface area contributed by atoms with Gasteiger partial charge >= 0.3 is 0 Å². The number of rotatable bonds is 5. The number of aromatic nitrogens is 3. The normalized spacial score (nSPS) is 12.7. The van der Waals surface area contributed by atoms with Crippen molar-refractivity contribution in [2.24, 2.45) is 0 Å². The molecule has 23 heavy (non-hydrogen) atoms. The Labute approximate surface area is 144 Å². The van der Waals surface area contributed by atoms with Crippen molar-refractivity contribution >= 4 is 22.7 Å². The van der Waals surface area contributed by atoms with Gasteiger partial charge in [-0.25, -0.2) is 15.0 Å². The highest BCUT2D eigenvalue weighted by Crippen LogP contribution is 2.27. The summed E-state index contributed by atoms with van der Waals surface area (Å²) in [6.45, 7) is 7.21. The van der Waals surface area contributed by atoms with Crippen LogP contribution in [0, 0.1) is 13.8 Å². The predicted molar refractivity (Wildman–Crippen MR) is 96.8 cm³/mol. The highest BCUT2D eigenvalue weighted by Gasteiger charge is 2.18. The molecule has 0 saturated heterocycles. The Morgan fingerprint density at radius 3 is 2.52 bits per heavy atom. The number of hydrogen-bond donors (Lipinski definition) is 0. The minimum atomic E-state index is 0.275. The molecule has 3 heterocycles. The zero-order chi connectivity index (χ0) is 16.4. The van der Waals surface area contributed by atoms with Crippen LogP contribution in [0.1, 0.15) is 34.1 Å². The second-order valence-electron chi connectivity index (χ2n) is 5.66. The third-order valence-corrected chi connectivity index (χ3v) is 5.64. The SMILES string of the molecule is Cc1nc(C(C)N(C)Cc2cnc(-c3cccs3)nc2)c(C)s1. The van der Waals surface area contributed by atoms with E-state index < -0.39 is 0 Å². The highest BCUT2D eigenvalue weighted by atomic mass is 32.1. The molecule has 0 fully saturated rings. The van der Waals surface area contributed by atoms with Crippen LogP contribution in [-0.2, 0) is 6.54 Å². The molecule has 4 nitrogen and oxygen atoms in total. The molecule has 0 amide bonds. The van der Waals surface area contributed by atoms with E-state index in [1.54, 1.807) is 22.7 Å². The van der Waals surface area contributed by atoms with E-state index >= 15 is 0 Å². The van der Waals surface area contributed by atoms with Crippen molar-refractivity contribution in [3.8, 4) is 10.7 Å². The van der Waals surface area contributed by atoms with Gasteiger partial charge in [-0.15, -0.1) is 22.7 Å². The lowest BCUT2D eigenvalue weighted by Gasteiger charge is -2.23. The maximum atomic E-state index is 4.67. The van der Waals surface area contributed by atoms with Crippen LogP contribution in [0.15, 0.2) is 29.9 Å². The molecule has 120 valence electrons. The second-order valence-corrected chi connectivity index (χ2v) is 8.01. The number of thiazole rings is 1. The summed E-state index contributed by atoms with van der Waals surface area (Å²) in [5.41, 5.74) is 2.29. The molecule has 0 aliphatic carbocycles. The Kier molecular flexibility index (Phi) is 4.84. The monoisotopic (exact) mass is 344 g/mol. The fraction of sp³-hybridized carbons (Fsp3) is 0.353. The van der Waals surface area contributed by atoms with Crippen LogP contribution >= 0.6 is 22.7 Å². The maximum Gasteiger partial charge on any atom is 0.169 e. The van der Waals surface area contributed by atoms with Gasteiger partial charge in [-0.2, -0.15) is 0 Å². The van der Waals surface area contributed by atoms with Gasteiger partial charge in [0.2, 0.25) is 0 Å². The van der Waals surface area contributed by atoms with Crippen molar-refractivity contribution in [2.75, 3.05) is 7.05 Å². The van der Waals surface area contributed by atoms with E-state index in [1.165, 1.54) is 10.6 Å². The molecule has 3 aromatic rings. The summed E-state index contributed by atoms with van der Waals surface area (Å²) in [5, 5.41) is 3.17. The molecule has 0 N–H and O–H groups in total. The first kappa shape index (κ1) is 16.2. The van der Waals surface area contributed by atoms with E-state index in [9.17, 15) is 0 Å². The minimum Gasteiger partial charge on any atom is -0.294 e. The van der Waals surface area contributed by atoms with Crippen LogP contribution in [0.3, 0.4) is 0 Å². The lowest BCUT2D eigenvalue weighted by atomic mass is 10.2. The van der Waals surface area contributed by atoms with Gasteiger partial charge in [0.05, 0.1) is 21.6 Å². The lowest BCUT2D eigenvalue weighted by molar-refractivity contribution is 0.248. The topological polar surface area (TPSA) is 41.9 Å². The van der Waals surface area contributed by atoms with E-state index in [4.69, 9.17) is 0 Å². The molecule has 3 aromatic heterocycles. The predicted octanol–water partition coefficient (Wildman–Crippen LogP) is 4.47. The fourth-order valence-corrected chi connectivity index (χ4v) is 4.12. The van der Waals surface area contributed by atoms with E-state index in [0.717, 1.165) is 27.8 Å². The van der Waals surface area contributed by atoms with Crippen molar-refractivity contribution in [3.05, 3.63) is 51.0 Å². The van der Waals surface area contributed by atoms with Gasteiger partial charge in [-0.05, 0) is 39.3 Å². The first-order chi connectivity index (χ1) is 11.0. The van der Waals surface area contributed by atoms with E-state index in [0.29, 0.717) is 0 Å². The van der Waals surface area contributed by atoms with Crippen LogP contribution in [0.25, 0.3) is 10.7 Å². The molecule has 0 aliphatic heterocycles. The molecule has 0 aromatic carbocycles. The largest absolute Gasteiger partial charge is 0.294 e. The number of hydrogen-bond acceptors (Lipinski definition) is 6. The van der Waals surface area contributed by atoms with Gasteiger partial charge in [0.1, 0.15) is 0 Å². The highest BCUT2D eigenvalue weighted by molar-refractivity contribution is 7.13. The van der Waals surface area contributed by atoms with Crippen molar-refractivity contribution in [1.29, 1.82) is 0 Å². The van der Waals surface area contributed by atoms with Crippen molar-refractivity contribution in [1.82, 2.24) is 19.9 Å². The number of aryl methyl sites for hydroxylation is 2. The zero-order valence-corrected chi connectivity index (χ0v) is 15.4. The van der Waals surface area contributed by atoms with Crippen molar-refractivity contribution < 1.29 is 0 Å². The summed E-state index contributed by atoms with van der Waals surface area (Å²) >= 11 is 3.42. The third kappa shape index (κ3) is 3.65. The van der Waals surface area contributed by atoms with E-state index in [2.05, 4.69) is 47.7 Å². The summed E-state index contributed by atoms with van der Waals surface area (Å²) in [7, 11) is 2.12. The number of thiophene rings is 1. The first-order valence-corrected chi connectivity index (χ1v) is 9.23. The molecular weight excluding hydrogens is 324 g/mol. The lowest BCUT2D eigenvalue weighted by Crippen LogP contribution is -2.23. The van der Waals surface area contributed by atoms with Gasteiger partial charge < -0.3 is 0 Å². The van der Waals surface area contributed by atoms with Crippen LogP contribution in [0.2, 0.25) is 0 Å². The summed E-state index contributed by atoms with van der Waals surface area (Å²) in [6.07, 6.45) is 3.84. The molecule has 1 unspecified atom stereocenters. The Morgan fingerprint density at radius 2 is 1.96 bits per heavy atom. The quantitative estimate of drug-likeness (QED) is 0.685. The van der Waals surface area contributed by atoms with Crippen LogP contribution < -0.4 is 0 Å². The average Bonchev–Trinajstić information content (AvgIpc) is 3.17. The summed E-state index contributed by atoms with van der Waals surface area (Å²) < 4.78 is 0. The van der Waals surface area contributed by atoms with Gasteiger partial charge in [-0.1, -0.05) is 6.07 Å². The number of nitrogens with zero attached hydrogens (tertiary/aromatic N) is 4. The molecule has 0 spiro atoms. The molecule has 0 radical (unpaired) electrons. The molecule has 1 atom stereocenters. The molecule has 0 aliphatic rings. The van der Waals surface area contributed by atoms with Crippen LogP contribution in [-0.4, -0.2) is 26.9 Å².